The standard InChI is InChI=1S/C13H11N3O2/c17-13(16-18)10-6-8-12(9-7-10)15-14-11-4-2-1-3-5-11/h1-9,14-15H. The van der Waals surface area contributed by atoms with Gasteiger partial charge >= 0.3 is 5.91 Å². The fourth-order valence-corrected chi connectivity index (χ4v) is 1.41. The summed E-state index contributed by atoms with van der Waals surface area (Å²) in [5.74, 6) is -0.766. The summed E-state index contributed by atoms with van der Waals surface area (Å²) in [7, 11) is 0. The SMILES string of the molecule is O=NC(=O)c1ccc(NNc2ccccc2)cc1. The predicted molar refractivity (Wildman–Crippen MR) is 70.3 cm³/mol. The van der Waals surface area contributed by atoms with Crippen LogP contribution >= 0.6 is 0 Å². The molecule has 2 N–H and O–H groups in total. The first-order valence-electron chi connectivity index (χ1n) is 5.34. The lowest BCUT2D eigenvalue weighted by molar-refractivity contribution is 0.100. The Labute approximate surface area is 104 Å². The van der Waals surface area contributed by atoms with Crippen LogP contribution in [0, 0.1) is 4.91 Å². The molecular weight excluding hydrogens is 230 g/mol. The number of nitrogens with one attached hydrogen (secondary N) is 2. The van der Waals surface area contributed by atoms with Gasteiger partial charge < -0.3 is 10.9 Å². The highest BCUT2D eigenvalue weighted by atomic mass is 16.3. The third-order valence-electron chi connectivity index (χ3n) is 2.34. The number of hydrazine groups is 1. The molecule has 0 aliphatic carbocycles. The Kier molecular flexibility index (Phi) is 3.66. The van der Waals surface area contributed by atoms with Crippen LogP contribution in [0.3, 0.4) is 0 Å². The van der Waals surface area contributed by atoms with Crippen molar-refractivity contribution in [2.24, 2.45) is 5.18 Å². The van der Waals surface area contributed by atoms with E-state index in [9.17, 15) is 9.70 Å². The van der Waals surface area contributed by atoms with Crippen LogP contribution in [-0.4, -0.2) is 5.91 Å². The number of carbonyl (C=O) groups is 1. The Balaban J connectivity index is 1.99. The van der Waals surface area contributed by atoms with E-state index in [-0.39, 0.29) is 5.56 Å². The Morgan fingerprint density at radius 2 is 1.39 bits per heavy atom. The molecule has 0 aliphatic heterocycles. The van der Waals surface area contributed by atoms with Gasteiger partial charge in [0.2, 0.25) is 0 Å². The van der Waals surface area contributed by atoms with E-state index >= 15 is 0 Å². The molecule has 5 heteroatoms. The molecule has 0 aliphatic rings. The molecule has 0 atom stereocenters. The molecule has 2 aromatic carbocycles. The molecule has 0 aromatic heterocycles. The van der Waals surface area contributed by atoms with Crippen molar-refractivity contribution in [3.05, 3.63) is 65.1 Å². The van der Waals surface area contributed by atoms with Crippen molar-refractivity contribution >= 4 is 17.3 Å². The highest BCUT2D eigenvalue weighted by Gasteiger charge is 2.04. The maximum Gasteiger partial charge on any atom is 0.316 e. The molecule has 2 rings (SSSR count). The van der Waals surface area contributed by atoms with Gasteiger partial charge in [-0.3, -0.25) is 4.79 Å². The van der Waals surface area contributed by atoms with E-state index in [0.717, 1.165) is 11.4 Å². The number of anilines is 2. The molecule has 18 heavy (non-hydrogen) atoms. The van der Waals surface area contributed by atoms with E-state index in [4.69, 9.17) is 0 Å². The minimum atomic E-state index is -0.766. The summed E-state index contributed by atoms with van der Waals surface area (Å²) in [5, 5.41) is 2.36. The molecule has 0 saturated heterocycles. The quantitative estimate of drug-likeness (QED) is 0.637. The summed E-state index contributed by atoms with van der Waals surface area (Å²) in [4.78, 5) is 21.1. The number of rotatable bonds is 4. The van der Waals surface area contributed by atoms with Crippen LogP contribution in [-0.2, 0) is 0 Å². The molecule has 0 heterocycles. The van der Waals surface area contributed by atoms with Crippen LogP contribution in [0.15, 0.2) is 59.8 Å². The van der Waals surface area contributed by atoms with Gasteiger partial charge in [-0.05, 0) is 36.4 Å². The summed E-state index contributed by atoms with van der Waals surface area (Å²) in [6, 6.07) is 16.1. The number of nitrogens with zero attached hydrogens (tertiary/aromatic N) is 1. The van der Waals surface area contributed by atoms with Crippen molar-refractivity contribution in [2.75, 3.05) is 10.9 Å². The second kappa shape index (κ2) is 5.58. The smallest absolute Gasteiger partial charge is 0.301 e. The lowest BCUT2D eigenvalue weighted by atomic mass is 10.2. The predicted octanol–water partition coefficient (Wildman–Crippen LogP) is 3.03. The Morgan fingerprint density at radius 3 is 1.94 bits per heavy atom. The summed E-state index contributed by atoms with van der Waals surface area (Å²) in [5.41, 5.74) is 7.95. The third kappa shape index (κ3) is 2.91. The summed E-state index contributed by atoms with van der Waals surface area (Å²) in [6.45, 7) is 0. The molecule has 0 unspecified atom stereocenters. The zero-order valence-corrected chi connectivity index (χ0v) is 9.46. The van der Waals surface area contributed by atoms with E-state index in [0.29, 0.717) is 0 Å². The zero-order chi connectivity index (χ0) is 12.8. The first-order valence-corrected chi connectivity index (χ1v) is 5.34. The maximum atomic E-state index is 11.0. The van der Waals surface area contributed by atoms with Crippen LogP contribution < -0.4 is 10.9 Å². The number of amides is 1. The Hall–Kier alpha value is -2.69. The second-order valence-electron chi connectivity index (χ2n) is 3.59. The van der Waals surface area contributed by atoms with E-state index in [1.165, 1.54) is 0 Å². The van der Waals surface area contributed by atoms with Crippen molar-refractivity contribution in [3.63, 3.8) is 0 Å². The van der Waals surface area contributed by atoms with Crippen LogP contribution in [0.25, 0.3) is 0 Å². The van der Waals surface area contributed by atoms with Gasteiger partial charge in [0.05, 0.1) is 11.4 Å². The van der Waals surface area contributed by atoms with Gasteiger partial charge in [-0.1, -0.05) is 18.2 Å². The first kappa shape index (κ1) is 11.8. The second-order valence-corrected chi connectivity index (χ2v) is 3.59. The average molecular weight is 241 g/mol. The summed E-state index contributed by atoms with van der Waals surface area (Å²) < 4.78 is 0. The molecule has 0 saturated carbocycles. The molecule has 0 spiro atoms. The van der Waals surface area contributed by atoms with Gasteiger partial charge in [-0.15, -0.1) is 4.91 Å². The van der Waals surface area contributed by atoms with E-state index in [1.54, 1.807) is 24.3 Å². The lowest BCUT2D eigenvalue weighted by Crippen LogP contribution is -2.08. The highest BCUT2D eigenvalue weighted by molar-refractivity contribution is 5.95. The van der Waals surface area contributed by atoms with Crippen molar-refractivity contribution in [1.29, 1.82) is 0 Å². The molecule has 0 fully saturated rings. The van der Waals surface area contributed by atoms with Gasteiger partial charge in [0.1, 0.15) is 0 Å². The first-order chi connectivity index (χ1) is 8.79. The molecule has 5 nitrogen and oxygen atoms in total. The van der Waals surface area contributed by atoms with Crippen molar-refractivity contribution in [1.82, 2.24) is 0 Å². The molecule has 0 bridgehead atoms. The number of nitroso groups, excluding NO2 is 1. The van der Waals surface area contributed by atoms with Gasteiger partial charge in [-0.2, -0.15) is 0 Å². The van der Waals surface area contributed by atoms with Crippen LogP contribution in [0.2, 0.25) is 0 Å². The Bertz CT molecular complexity index is 538. The largest absolute Gasteiger partial charge is 0.316 e. The monoisotopic (exact) mass is 241 g/mol. The van der Waals surface area contributed by atoms with Gasteiger partial charge in [0, 0.05) is 10.7 Å². The van der Waals surface area contributed by atoms with Gasteiger partial charge in [-0.25, -0.2) is 0 Å². The maximum absolute atomic E-state index is 11.0. The molecular formula is C13H11N3O2. The van der Waals surface area contributed by atoms with Crippen LogP contribution in [0.4, 0.5) is 11.4 Å². The van der Waals surface area contributed by atoms with Crippen LogP contribution in [0.5, 0.6) is 0 Å². The van der Waals surface area contributed by atoms with E-state index in [1.807, 2.05) is 30.3 Å². The number of para-hydroxylation sites is 1. The fraction of sp³-hybridized carbons (Fsp3) is 0. The molecule has 0 radical (unpaired) electrons. The minimum Gasteiger partial charge on any atom is -0.301 e. The summed E-state index contributed by atoms with van der Waals surface area (Å²) >= 11 is 0. The molecule has 2 aromatic rings. The Morgan fingerprint density at radius 1 is 0.833 bits per heavy atom. The number of carbonyl (C=O) groups excluding carboxylic acids is 1. The average Bonchev–Trinajstić information content (AvgIpc) is 2.46. The van der Waals surface area contributed by atoms with E-state index < -0.39 is 5.91 Å². The minimum absolute atomic E-state index is 0.273. The highest BCUT2D eigenvalue weighted by Crippen LogP contribution is 2.12. The zero-order valence-electron chi connectivity index (χ0n) is 9.46. The number of hydrogen-bond acceptors (Lipinski definition) is 4. The lowest BCUT2D eigenvalue weighted by Gasteiger charge is -2.09. The van der Waals surface area contributed by atoms with Gasteiger partial charge in [0.15, 0.2) is 0 Å². The topological polar surface area (TPSA) is 70.6 Å². The van der Waals surface area contributed by atoms with E-state index in [2.05, 4.69) is 16.0 Å². The van der Waals surface area contributed by atoms with Crippen LogP contribution in [0.1, 0.15) is 10.4 Å². The number of benzene rings is 2. The molecule has 1 amide bonds. The third-order valence-corrected chi connectivity index (χ3v) is 2.34. The normalized spacial score (nSPS) is 9.56. The summed E-state index contributed by atoms with van der Waals surface area (Å²) in [6.07, 6.45) is 0. The van der Waals surface area contributed by atoms with Crippen molar-refractivity contribution in [2.45, 2.75) is 0 Å². The van der Waals surface area contributed by atoms with Crippen molar-refractivity contribution < 1.29 is 4.79 Å². The molecule has 90 valence electrons. The number of hydrogen-bond donors (Lipinski definition) is 2. The fourth-order valence-electron chi connectivity index (χ4n) is 1.41. The van der Waals surface area contributed by atoms with Gasteiger partial charge in [0.25, 0.3) is 0 Å². The van der Waals surface area contributed by atoms with Crippen molar-refractivity contribution in [3.8, 4) is 0 Å².